The summed E-state index contributed by atoms with van der Waals surface area (Å²) in [7, 11) is 0. The first-order valence-electron chi connectivity index (χ1n) is 9.37. The lowest BCUT2D eigenvalue weighted by atomic mass is 10.0. The molecule has 2 aliphatic rings. The molecule has 2 amide bonds. The molecule has 2 aliphatic heterocycles. The zero-order valence-corrected chi connectivity index (χ0v) is 15.7. The van der Waals surface area contributed by atoms with Crippen molar-refractivity contribution < 1.29 is 23.9 Å². The molecule has 7 nitrogen and oxygen atoms in total. The van der Waals surface area contributed by atoms with Crippen LogP contribution in [0.1, 0.15) is 32.3 Å². The van der Waals surface area contributed by atoms with Gasteiger partial charge in [-0.3, -0.25) is 9.59 Å². The zero-order valence-electron chi connectivity index (χ0n) is 15.7. The standard InChI is InChI=1S/C20H26N2O5/c1-13(2)10-15(21-20(25)27-11-14-6-4-3-5-7-14)19(24)22-9-8-17-18(22)16(23)12-26-17/h3-7,13,15,17-18H,8-12H2,1-2H3,(H,21,25)/t15-,17+,18+/m0/s1. The Morgan fingerprint density at radius 3 is 2.74 bits per heavy atom. The number of rotatable bonds is 6. The van der Waals surface area contributed by atoms with E-state index in [1.165, 1.54) is 0 Å². The van der Waals surface area contributed by atoms with Gasteiger partial charge in [0.05, 0.1) is 6.10 Å². The SMILES string of the molecule is CC(C)C[C@H](NC(=O)OCc1ccccc1)C(=O)N1CC[C@H]2OCC(=O)[C@H]21. The van der Waals surface area contributed by atoms with Crippen LogP contribution in [0.4, 0.5) is 4.79 Å². The first-order chi connectivity index (χ1) is 13.0. The first kappa shape index (κ1) is 19.4. The minimum Gasteiger partial charge on any atom is -0.445 e. The number of carbonyl (C=O) groups is 3. The van der Waals surface area contributed by atoms with E-state index in [9.17, 15) is 14.4 Å². The average Bonchev–Trinajstić information content (AvgIpc) is 3.22. The van der Waals surface area contributed by atoms with Gasteiger partial charge in [0, 0.05) is 6.54 Å². The number of hydrogen-bond acceptors (Lipinski definition) is 5. The monoisotopic (exact) mass is 374 g/mol. The number of fused-ring (bicyclic) bond motifs is 1. The van der Waals surface area contributed by atoms with E-state index >= 15 is 0 Å². The van der Waals surface area contributed by atoms with Crippen molar-refractivity contribution in [1.82, 2.24) is 10.2 Å². The van der Waals surface area contributed by atoms with Crippen molar-refractivity contribution >= 4 is 17.8 Å². The number of alkyl carbamates (subject to hydrolysis) is 1. The maximum Gasteiger partial charge on any atom is 0.408 e. The van der Waals surface area contributed by atoms with Crippen LogP contribution in [0.5, 0.6) is 0 Å². The van der Waals surface area contributed by atoms with Crippen LogP contribution in [-0.2, 0) is 25.7 Å². The molecule has 0 spiro atoms. The third-order valence-electron chi connectivity index (χ3n) is 4.91. The molecule has 3 atom stereocenters. The predicted octanol–water partition coefficient (Wildman–Crippen LogP) is 1.90. The van der Waals surface area contributed by atoms with E-state index in [0.29, 0.717) is 19.4 Å². The predicted molar refractivity (Wildman–Crippen MR) is 97.9 cm³/mol. The largest absolute Gasteiger partial charge is 0.445 e. The Bertz CT molecular complexity index is 691. The van der Waals surface area contributed by atoms with Crippen molar-refractivity contribution in [2.24, 2.45) is 5.92 Å². The number of carbonyl (C=O) groups excluding carboxylic acids is 3. The summed E-state index contributed by atoms with van der Waals surface area (Å²) in [5.74, 6) is -0.116. The smallest absolute Gasteiger partial charge is 0.408 e. The summed E-state index contributed by atoms with van der Waals surface area (Å²) >= 11 is 0. The fourth-order valence-corrected chi connectivity index (χ4v) is 3.64. The number of likely N-dealkylation sites (tertiary alicyclic amines) is 1. The van der Waals surface area contributed by atoms with Crippen LogP contribution in [-0.4, -0.2) is 54.0 Å². The molecular weight excluding hydrogens is 348 g/mol. The topological polar surface area (TPSA) is 84.9 Å². The van der Waals surface area contributed by atoms with Crippen molar-refractivity contribution in [1.29, 1.82) is 0 Å². The minimum atomic E-state index is -0.722. The molecule has 146 valence electrons. The molecule has 0 aliphatic carbocycles. The number of benzene rings is 1. The molecule has 0 saturated carbocycles. The fourth-order valence-electron chi connectivity index (χ4n) is 3.64. The van der Waals surface area contributed by atoms with Crippen LogP contribution in [0.15, 0.2) is 30.3 Å². The van der Waals surface area contributed by atoms with E-state index in [0.717, 1.165) is 5.56 Å². The van der Waals surface area contributed by atoms with Gasteiger partial charge in [-0.1, -0.05) is 44.2 Å². The summed E-state index contributed by atoms with van der Waals surface area (Å²) in [6.07, 6.45) is 0.269. The van der Waals surface area contributed by atoms with Crippen LogP contribution in [0.3, 0.4) is 0 Å². The van der Waals surface area contributed by atoms with Gasteiger partial charge in [0.2, 0.25) is 5.91 Å². The average molecular weight is 374 g/mol. The van der Waals surface area contributed by atoms with E-state index in [1.54, 1.807) is 4.90 Å². The molecule has 0 aromatic heterocycles. The van der Waals surface area contributed by atoms with E-state index in [-0.39, 0.29) is 36.9 Å². The van der Waals surface area contributed by atoms with Crippen molar-refractivity contribution in [3.63, 3.8) is 0 Å². The van der Waals surface area contributed by atoms with Crippen molar-refractivity contribution in [2.45, 2.75) is 51.5 Å². The molecule has 3 rings (SSSR count). The molecule has 2 heterocycles. The molecule has 1 aromatic rings. The highest BCUT2D eigenvalue weighted by Crippen LogP contribution is 2.28. The minimum absolute atomic E-state index is 0.0561. The van der Waals surface area contributed by atoms with Gasteiger partial charge in [-0.05, 0) is 24.3 Å². The maximum atomic E-state index is 13.0. The summed E-state index contributed by atoms with van der Waals surface area (Å²) in [6, 6.07) is 8.10. The van der Waals surface area contributed by atoms with E-state index in [4.69, 9.17) is 9.47 Å². The van der Waals surface area contributed by atoms with Gasteiger partial charge in [0.15, 0.2) is 5.78 Å². The van der Waals surface area contributed by atoms with Gasteiger partial charge in [0.25, 0.3) is 0 Å². The van der Waals surface area contributed by atoms with Gasteiger partial charge < -0.3 is 19.7 Å². The summed E-state index contributed by atoms with van der Waals surface area (Å²) in [5, 5.41) is 2.69. The first-order valence-corrected chi connectivity index (χ1v) is 9.37. The van der Waals surface area contributed by atoms with Crippen LogP contribution in [0, 0.1) is 5.92 Å². The molecule has 0 radical (unpaired) electrons. The molecule has 0 bridgehead atoms. The highest BCUT2D eigenvalue weighted by atomic mass is 16.5. The van der Waals surface area contributed by atoms with E-state index in [2.05, 4.69) is 5.32 Å². The van der Waals surface area contributed by atoms with Crippen molar-refractivity contribution in [3.8, 4) is 0 Å². The van der Waals surface area contributed by atoms with Gasteiger partial charge in [-0.25, -0.2) is 4.79 Å². The molecule has 27 heavy (non-hydrogen) atoms. The quantitative estimate of drug-likeness (QED) is 0.822. The van der Waals surface area contributed by atoms with E-state index in [1.807, 2.05) is 44.2 Å². The molecular formula is C20H26N2O5. The third-order valence-corrected chi connectivity index (χ3v) is 4.91. The van der Waals surface area contributed by atoms with Crippen LogP contribution < -0.4 is 5.32 Å². The molecule has 7 heteroatoms. The maximum absolute atomic E-state index is 13.0. The second-order valence-electron chi connectivity index (χ2n) is 7.47. The highest BCUT2D eigenvalue weighted by molar-refractivity contribution is 5.94. The third kappa shape index (κ3) is 4.66. The Hall–Kier alpha value is -2.41. The molecule has 2 saturated heterocycles. The van der Waals surface area contributed by atoms with Gasteiger partial charge >= 0.3 is 6.09 Å². The number of ketones is 1. The Morgan fingerprint density at radius 1 is 1.30 bits per heavy atom. The number of amides is 2. The number of nitrogens with zero attached hydrogens (tertiary/aromatic N) is 1. The van der Waals surface area contributed by atoms with Crippen LogP contribution in [0.2, 0.25) is 0 Å². The summed E-state index contributed by atoms with van der Waals surface area (Å²) in [5.41, 5.74) is 0.871. The van der Waals surface area contributed by atoms with Crippen molar-refractivity contribution in [3.05, 3.63) is 35.9 Å². The number of hydrogen-bond donors (Lipinski definition) is 1. The highest BCUT2D eigenvalue weighted by Gasteiger charge is 2.48. The van der Waals surface area contributed by atoms with Crippen molar-refractivity contribution in [2.75, 3.05) is 13.2 Å². The number of Topliss-reactive ketones (excluding diaryl/α,β-unsaturated/α-hetero) is 1. The van der Waals surface area contributed by atoms with Gasteiger partial charge in [-0.15, -0.1) is 0 Å². The second kappa shape index (κ2) is 8.52. The van der Waals surface area contributed by atoms with Crippen LogP contribution >= 0.6 is 0 Å². The lowest BCUT2D eigenvalue weighted by Crippen LogP contribution is -2.52. The fraction of sp³-hybridized carbons (Fsp3) is 0.550. The number of ether oxygens (including phenoxy) is 2. The number of nitrogens with one attached hydrogen (secondary N) is 1. The Labute approximate surface area is 159 Å². The summed E-state index contributed by atoms with van der Waals surface area (Å²) < 4.78 is 10.7. The van der Waals surface area contributed by atoms with E-state index < -0.39 is 18.2 Å². The normalized spacial score (nSPS) is 22.6. The molecule has 0 unspecified atom stereocenters. The second-order valence-corrected chi connectivity index (χ2v) is 7.47. The van der Waals surface area contributed by atoms with Gasteiger partial charge in [0.1, 0.15) is 25.3 Å². The molecule has 2 fully saturated rings. The Morgan fingerprint density at radius 2 is 2.04 bits per heavy atom. The zero-order chi connectivity index (χ0) is 19.4. The van der Waals surface area contributed by atoms with Gasteiger partial charge in [-0.2, -0.15) is 0 Å². The lowest BCUT2D eigenvalue weighted by molar-refractivity contribution is -0.138. The molecule has 1 aromatic carbocycles. The summed E-state index contributed by atoms with van der Waals surface area (Å²) in [6.45, 7) is 4.62. The van der Waals surface area contributed by atoms with Crippen LogP contribution in [0.25, 0.3) is 0 Å². The Kier molecular flexibility index (Phi) is 6.11. The lowest BCUT2D eigenvalue weighted by Gasteiger charge is -2.28. The molecule has 1 N–H and O–H groups in total. The summed E-state index contributed by atoms with van der Waals surface area (Å²) in [4.78, 5) is 38.9. The Balaban J connectivity index is 1.62.